The first-order chi connectivity index (χ1) is 16.4. The third kappa shape index (κ3) is 4.91. The van der Waals surface area contributed by atoms with Gasteiger partial charge in [-0.05, 0) is 49.4 Å². The van der Waals surface area contributed by atoms with Crippen LogP contribution in [0.1, 0.15) is 48.1 Å². The number of rotatable bonds is 7. The molecule has 1 N–H and O–H groups in total. The van der Waals surface area contributed by atoms with Crippen molar-refractivity contribution in [3.05, 3.63) is 65.7 Å². The summed E-state index contributed by atoms with van der Waals surface area (Å²) in [7, 11) is 0. The Morgan fingerprint density at radius 1 is 1.03 bits per heavy atom. The Bertz CT molecular complexity index is 1160. The van der Waals surface area contributed by atoms with Gasteiger partial charge in [0.25, 0.3) is 0 Å². The normalized spacial score (nSPS) is 17.1. The maximum Gasteiger partial charge on any atom is 0.416 e. The van der Waals surface area contributed by atoms with Gasteiger partial charge in [0.05, 0.1) is 5.56 Å². The quantitative estimate of drug-likeness (QED) is 0.433. The number of nitrogens with one attached hydrogen (secondary N) is 1. The highest BCUT2D eigenvalue weighted by Crippen LogP contribution is 2.44. The second-order valence-electron chi connectivity index (χ2n) is 8.55. The fourth-order valence-corrected chi connectivity index (χ4v) is 5.22. The molecule has 6 nitrogen and oxygen atoms in total. The van der Waals surface area contributed by atoms with Gasteiger partial charge in [-0.25, -0.2) is 0 Å². The van der Waals surface area contributed by atoms with Crippen LogP contribution in [0, 0.1) is 0 Å². The van der Waals surface area contributed by atoms with Crippen LogP contribution in [0.25, 0.3) is 0 Å². The molecular weight excluding hydrogens is 463 g/mol. The van der Waals surface area contributed by atoms with Crippen molar-refractivity contribution in [2.75, 3.05) is 23.3 Å². The number of carbonyl (C=O) groups excluding carboxylic acids is 1. The molecular formula is C24H24F3N5OS. The SMILES string of the molecule is O=C(Nc1cccc(C(F)(F)F)c1)C(Sc1nnc(N2CCCC2)n1C1CC1)c1ccccc1. The van der Waals surface area contributed by atoms with E-state index in [0.717, 1.165) is 62.4 Å². The summed E-state index contributed by atoms with van der Waals surface area (Å²) in [6.45, 7) is 1.88. The molecule has 1 unspecified atom stereocenters. The maximum absolute atomic E-state index is 13.4. The molecule has 3 aromatic rings. The summed E-state index contributed by atoms with van der Waals surface area (Å²) < 4.78 is 41.5. The molecule has 1 atom stereocenters. The molecule has 2 aliphatic rings. The summed E-state index contributed by atoms with van der Waals surface area (Å²) in [5.41, 5.74) is 0.0331. The van der Waals surface area contributed by atoms with Crippen LogP contribution in [-0.4, -0.2) is 33.8 Å². The van der Waals surface area contributed by atoms with E-state index in [4.69, 9.17) is 0 Å². The van der Waals surface area contributed by atoms with Crippen LogP contribution in [0.4, 0.5) is 24.8 Å². The van der Waals surface area contributed by atoms with Crippen molar-refractivity contribution >= 4 is 29.3 Å². The Morgan fingerprint density at radius 2 is 1.76 bits per heavy atom. The molecule has 2 aromatic carbocycles. The van der Waals surface area contributed by atoms with Crippen molar-refractivity contribution in [2.24, 2.45) is 0 Å². The Labute approximate surface area is 199 Å². The lowest BCUT2D eigenvalue weighted by atomic mass is 10.1. The zero-order valence-electron chi connectivity index (χ0n) is 18.3. The standard InChI is InChI=1S/C24H24F3N5OS/c25-24(26,27)17-9-6-10-18(15-17)28-21(33)20(16-7-2-1-3-8-16)34-23-30-29-22(31-13-4-5-14-31)32(23)19-11-12-19/h1-3,6-10,15,19-20H,4-5,11-14H2,(H,28,33). The van der Waals surface area contributed by atoms with Crippen LogP contribution in [0.15, 0.2) is 59.8 Å². The summed E-state index contributed by atoms with van der Waals surface area (Å²) in [5.74, 6) is 0.427. The number of aromatic nitrogens is 3. The number of hydrogen-bond donors (Lipinski definition) is 1. The summed E-state index contributed by atoms with van der Waals surface area (Å²) in [5, 5.41) is 11.5. The van der Waals surface area contributed by atoms with E-state index in [0.29, 0.717) is 11.2 Å². The Hall–Kier alpha value is -3.01. The summed E-state index contributed by atoms with van der Waals surface area (Å²) in [6, 6.07) is 14.2. The van der Waals surface area contributed by atoms with Gasteiger partial charge < -0.3 is 10.2 Å². The van der Waals surface area contributed by atoms with Gasteiger partial charge in [0.2, 0.25) is 11.9 Å². The van der Waals surface area contributed by atoms with Gasteiger partial charge in [0.1, 0.15) is 5.25 Å². The lowest BCUT2D eigenvalue weighted by Gasteiger charge is -2.20. The largest absolute Gasteiger partial charge is 0.416 e. The van der Waals surface area contributed by atoms with Crippen LogP contribution in [0.3, 0.4) is 0 Å². The number of nitrogens with zero attached hydrogens (tertiary/aromatic N) is 4. The van der Waals surface area contributed by atoms with E-state index in [1.807, 2.05) is 30.3 Å². The molecule has 0 bridgehead atoms. The molecule has 34 heavy (non-hydrogen) atoms. The number of thioether (sulfide) groups is 1. The Morgan fingerprint density at radius 3 is 2.44 bits per heavy atom. The molecule has 10 heteroatoms. The average Bonchev–Trinajstić information content (AvgIpc) is 3.34. The van der Waals surface area contributed by atoms with Crippen molar-refractivity contribution < 1.29 is 18.0 Å². The summed E-state index contributed by atoms with van der Waals surface area (Å²) in [4.78, 5) is 15.6. The van der Waals surface area contributed by atoms with E-state index in [9.17, 15) is 18.0 Å². The van der Waals surface area contributed by atoms with E-state index < -0.39 is 22.9 Å². The zero-order chi connectivity index (χ0) is 23.7. The number of alkyl halides is 3. The van der Waals surface area contributed by atoms with Crippen LogP contribution >= 0.6 is 11.8 Å². The highest BCUT2D eigenvalue weighted by atomic mass is 32.2. The smallest absolute Gasteiger partial charge is 0.341 e. The Kier molecular flexibility index (Phi) is 6.24. The summed E-state index contributed by atoms with van der Waals surface area (Å²) >= 11 is 1.28. The van der Waals surface area contributed by atoms with E-state index in [1.54, 1.807) is 0 Å². The van der Waals surface area contributed by atoms with Gasteiger partial charge in [-0.1, -0.05) is 48.2 Å². The molecule has 0 spiro atoms. The first-order valence-electron chi connectivity index (χ1n) is 11.3. The molecule has 1 saturated heterocycles. The topological polar surface area (TPSA) is 63.1 Å². The average molecular weight is 488 g/mol. The number of halogens is 3. The van der Waals surface area contributed by atoms with Crippen LogP contribution in [0.5, 0.6) is 0 Å². The molecule has 178 valence electrons. The third-order valence-corrected chi connectivity index (χ3v) is 7.18. The number of carbonyl (C=O) groups is 1. The van der Waals surface area contributed by atoms with Gasteiger partial charge in [-0.15, -0.1) is 10.2 Å². The van der Waals surface area contributed by atoms with Gasteiger partial charge in [-0.3, -0.25) is 9.36 Å². The minimum Gasteiger partial charge on any atom is -0.341 e. The van der Waals surface area contributed by atoms with E-state index in [1.165, 1.54) is 23.9 Å². The fraction of sp³-hybridized carbons (Fsp3) is 0.375. The lowest BCUT2D eigenvalue weighted by Crippen LogP contribution is -2.23. The molecule has 5 rings (SSSR count). The highest BCUT2D eigenvalue weighted by molar-refractivity contribution is 8.00. The van der Waals surface area contributed by atoms with Crippen LogP contribution in [-0.2, 0) is 11.0 Å². The van der Waals surface area contributed by atoms with E-state index in [-0.39, 0.29) is 5.69 Å². The second kappa shape index (κ2) is 9.32. The molecule has 1 aromatic heterocycles. The maximum atomic E-state index is 13.4. The first kappa shape index (κ1) is 22.8. The fourth-order valence-electron chi connectivity index (χ4n) is 4.12. The number of anilines is 2. The number of benzene rings is 2. The zero-order valence-corrected chi connectivity index (χ0v) is 19.1. The van der Waals surface area contributed by atoms with Crippen LogP contribution < -0.4 is 10.2 Å². The van der Waals surface area contributed by atoms with Crippen LogP contribution in [0.2, 0.25) is 0 Å². The van der Waals surface area contributed by atoms with E-state index in [2.05, 4.69) is 25.0 Å². The molecule has 1 saturated carbocycles. The van der Waals surface area contributed by atoms with Crippen molar-refractivity contribution in [2.45, 2.75) is 48.3 Å². The highest BCUT2D eigenvalue weighted by Gasteiger charge is 2.35. The molecule has 2 heterocycles. The van der Waals surface area contributed by atoms with Crippen molar-refractivity contribution in [1.29, 1.82) is 0 Å². The van der Waals surface area contributed by atoms with Crippen molar-refractivity contribution in [1.82, 2.24) is 14.8 Å². The van der Waals surface area contributed by atoms with Gasteiger partial charge >= 0.3 is 6.18 Å². The monoisotopic (exact) mass is 487 g/mol. The molecule has 2 fully saturated rings. The molecule has 1 aliphatic carbocycles. The van der Waals surface area contributed by atoms with E-state index >= 15 is 0 Å². The predicted molar refractivity (Wildman–Crippen MR) is 125 cm³/mol. The van der Waals surface area contributed by atoms with Crippen molar-refractivity contribution in [3.63, 3.8) is 0 Å². The molecule has 1 amide bonds. The lowest BCUT2D eigenvalue weighted by molar-refractivity contribution is -0.137. The van der Waals surface area contributed by atoms with Gasteiger partial charge in [0.15, 0.2) is 5.16 Å². The van der Waals surface area contributed by atoms with Gasteiger partial charge in [0, 0.05) is 24.8 Å². The predicted octanol–water partition coefficient (Wildman–Crippen LogP) is 5.70. The second-order valence-corrected chi connectivity index (χ2v) is 9.63. The minimum atomic E-state index is -4.49. The number of hydrogen-bond acceptors (Lipinski definition) is 5. The van der Waals surface area contributed by atoms with Crippen molar-refractivity contribution in [3.8, 4) is 0 Å². The van der Waals surface area contributed by atoms with Gasteiger partial charge in [-0.2, -0.15) is 13.2 Å². The summed E-state index contributed by atoms with van der Waals surface area (Å²) in [6.07, 6.45) is -0.170. The number of amides is 1. The third-order valence-electron chi connectivity index (χ3n) is 5.97. The Balaban J connectivity index is 1.43. The first-order valence-corrected chi connectivity index (χ1v) is 12.2. The minimum absolute atomic E-state index is 0.0998. The molecule has 1 aliphatic heterocycles. The molecule has 0 radical (unpaired) electrons.